The Balaban J connectivity index is 1.81. The Morgan fingerprint density at radius 1 is 1.06 bits per heavy atom. The first-order valence-corrected chi connectivity index (χ1v) is 10.6. The summed E-state index contributed by atoms with van der Waals surface area (Å²) in [5.41, 5.74) is 3.28. The average Bonchev–Trinajstić information content (AvgIpc) is 3.15. The highest BCUT2D eigenvalue weighted by atomic mass is 16.5. The molecule has 0 unspecified atom stereocenters. The first-order chi connectivity index (χ1) is 14.9. The minimum Gasteiger partial charge on any atom is -0.459 e. The molecule has 7 nitrogen and oxygen atoms in total. The molecule has 2 aromatic carbocycles. The predicted octanol–water partition coefficient (Wildman–Crippen LogP) is 5.31. The zero-order valence-corrected chi connectivity index (χ0v) is 18.7. The summed E-state index contributed by atoms with van der Waals surface area (Å²) in [6, 6.07) is 9.88. The number of anilines is 1. The number of amides is 1. The van der Waals surface area contributed by atoms with Crippen LogP contribution in [0.3, 0.4) is 0 Å². The second-order valence-corrected chi connectivity index (χ2v) is 7.50. The highest BCUT2D eigenvalue weighted by molar-refractivity contribution is 6.37. The molecule has 0 aliphatic carbocycles. The molecule has 0 spiro atoms. The van der Waals surface area contributed by atoms with Gasteiger partial charge in [0, 0.05) is 11.1 Å². The van der Waals surface area contributed by atoms with Crippen LogP contribution in [0.4, 0.5) is 5.69 Å². The number of rotatable bonds is 7. The zero-order valence-electron chi connectivity index (χ0n) is 18.7. The summed E-state index contributed by atoms with van der Waals surface area (Å²) >= 11 is 0. The van der Waals surface area contributed by atoms with Gasteiger partial charge in [0.25, 0.3) is 0 Å². The fraction of sp³-hybridized carbons (Fsp3) is 0.375. The number of esters is 1. The molecule has 0 saturated heterocycles. The Hall–Kier alpha value is -3.35. The number of fused-ring (bicyclic) bond motifs is 1. The Bertz CT molecular complexity index is 1080. The molecule has 3 rings (SSSR count). The van der Waals surface area contributed by atoms with Gasteiger partial charge in [-0.05, 0) is 75.1 Å². The summed E-state index contributed by atoms with van der Waals surface area (Å²) in [6.45, 7) is 9.93. The van der Waals surface area contributed by atoms with E-state index in [4.69, 9.17) is 9.47 Å². The molecule has 164 valence electrons. The summed E-state index contributed by atoms with van der Waals surface area (Å²) in [5.74, 6) is -0.276. The molecule has 1 aromatic heterocycles. The molecule has 0 atom stereocenters. The summed E-state index contributed by atoms with van der Waals surface area (Å²) in [6.07, 6.45) is 3.93. The van der Waals surface area contributed by atoms with Gasteiger partial charge in [0.05, 0.1) is 24.4 Å². The lowest BCUT2D eigenvalue weighted by Gasteiger charge is -2.16. The van der Waals surface area contributed by atoms with E-state index in [2.05, 4.69) is 28.9 Å². The van der Waals surface area contributed by atoms with E-state index in [1.165, 1.54) is 0 Å². The molecule has 1 N–H and O–H groups in total. The van der Waals surface area contributed by atoms with Crippen molar-refractivity contribution in [3.63, 3.8) is 0 Å². The third-order valence-electron chi connectivity index (χ3n) is 5.25. The smallest absolute Gasteiger partial charge is 0.397 e. The van der Waals surface area contributed by atoms with Gasteiger partial charge in [-0.1, -0.05) is 13.8 Å². The SMILES string of the molecule is CCOC(=O)C(=O)Nc1cc(C)c(Oc2ccc3c(cnn3C(CC)CC)c2)c(C)c1. The Morgan fingerprint density at radius 2 is 1.74 bits per heavy atom. The first kappa shape index (κ1) is 22.3. The third-order valence-corrected chi connectivity index (χ3v) is 5.25. The maximum Gasteiger partial charge on any atom is 0.397 e. The summed E-state index contributed by atoms with van der Waals surface area (Å²) in [7, 11) is 0. The van der Waals surface area contributed by atoms with Gasteiger partial charge in [0.15, 0.2) is 0 Å². The average molecular weight is 424 g/mol. The van der Waals surface area contributed by atoms with E-state index in [1.807, 2.05) is 38.2 Å². The van der Waals surface area contributed by atoms with Crippen LogP contribution in [0.1, 0.15) is 50.8 Å². The van der Waals surface area contributed by atoms with Gasteiger partial charge < -0.3 is 14.8 Å². The van der Waals surface area contributed by atoms with Gasteiger partial charge in [-0.25, -0.2) is 4.79 Å². The van der Waals surface area contributed by atoms with Crippen LogP contribution in [0, 0.1) is 13.8 Å². The van der Waals surface area contributed by atoms with Crippen LogP contribution in [0.15, 0.2) is 36.5 Å². The largest absolute Gasteiger partial charge is 0.459 e. The van der Waals surface area contributed by atoms with Crippen LogP contribution in [0.2, 0.25) is 0 Å². The number of carbonyl (C=O) groups excluding carboxylic acids is 2. The fourth-order valence-corrected chi connectivity index (χ4v) is 3.70. The summed E-state index contributed by atoms with van der Waals surface area (Å²) in [4.78, 5) is 23.4. The maximum atomic E-state index is 11.9. The van der Waals surface area contributed by atoms with E-state index in [9.17, 15) is 9.59 Å². The van der Waals surface area contributed by atoms with Crippen LogP contribution in [0.5, 0.6) is 11.5 Å². The topological polar surface area (TPSA) is 82.5 Å². The number of benzene rings is 2. The van der Waals surface area contributed by atoms with Crippen molar-refractivity contribution < 1.29 is 19.1 Å². The molecule has 0 fully saturated rings. The lowest BCUT2D eigenvalue weighted by molar-refractivity contribution is -0.152. The van der Waals surface area contributed by atoms with Gasteiger partial charge in [-0.2, -0.15) is 5.10 Å². The van der Waals surface area contributed by atoms with Crippen molar-refractivity contribution in [1.29, 1.82) is 0 Å². The molecule has 0 saturated carbocycles. The molecule has 0 bridgehead atoms. The van der Waals surface area contributed by atoms with E-state index in [0.29, 0.717) is 23.2 Å². The summed E-state index contributed by atoms with van der Waals surface area (Å²) in [5, 5.41) is 8.16. The second kappa shape index (κ2) is 9.64. The quantitative estimate of drug-likeness (QED) is 0.411. The van der Waals surface area contributed by atoms with Crippen LogP contribution in [0.25, 0.3) is 10.9 Å². The van der Waals surface area contributed by atoms with Crippen LogP contribution >= 0.6 is 0 Å². The van der Waals surface area contributed by atoms with Gasteiger partial charge in [-0.3, -0.25) is 9.48 Å². The number of carbonyl (C=O) groups is 2. The van der Waals surface area contributed by atoms with Gasteiger partial charge in [0.1, 0.15) is 11.5 Å². The van der Waals surface area contributed by atoms with Crippen molar-refractivity contribution in [3.05, 3.63) is 47.7 Å². The first-order valence-electron chi connectivity index (χ1n) is 10.6. The molecular formula is C24H29N3O4. The monoisotopic (exact) mass is 423 g/mol. The number of nitrogens with one attached hydrogen (secondary N) is 1. The number of ether oxygens (including phenoxy) is 2. The molecule has 7 heteroatoms. The van der Waals surface area contributed by atoms with E-state index in [-0.39, 0.29) is 6.61 Å². The number of aryl methyl sites for hydroxylation is 2. The van der Waals surface area contributed by atoms with E-state index in [1.54, 1.807) is 19.1 Å². The van der Waals surface area contributed by atoms with Gasteiger partial charge in [0.2, 0.25) is 0 Å². The minimum absolute atomic E-state index is 0.151. The normalized spacial score (nSPS) is 11.0. The molecule has 0 radical (unpaired) electrons. The Morgan fingerprint density at radius 3 is 2.35 bits per heavy atom. The third kappa shape index (κ3) is 4.87. The van der Waals surface area contributed by atoms with E-state index in [0.717, 1.165) is 34.9 Å². The second-order valence-electron chi connectivity index (χ2n) is 7.50. The molecular weight excluding hydrogens is 394 g/mol. The highest BCUT2D eigenvalue weighted by Crippen LogP contribution is 2.33. The van der Waals surface area contributed by atoms with Crippen molar-refractivity contribution in [2.45, 2.75) is 53.5 Å². The predicted molar refractivity (Wildman–Crippen MR) is 121 cm³/mol. The van der Waals surface area contributed by atoms with Crippen molar-refractivity contribution in [3.8, 4) is 11.5 Å². The number of aromatic nitrogens is 2. The van der Waals surface area contributed by atoms with Crippen LogP contribution in [-0.2, 0) is 14.3 Å². The molecule has 3 aromatic rings. The van der Waals surface area contributed by atoms with Crippen molar-refractivity contribution >= 4 is 28.5 Å². The van der Waals surface area contributed by atoms with Crippen molar-refractivity contribution in [1.82, 2.24) is 9.78 Å². The minimum atomic E-state index is -0.902. The molecule has 1 heterocycles. The Labute approximate surface area is 182 Å². The number of nitrogens with zero attached hydrogens (tertiary/aromatic N) is 2. The van der Waals surface area contributed by atoms with E-state index < -0.39 is 11.9 Å². The molecule has 1 amide bonds. The molecule has 31 heavy (non-hydrogen) atoms. The molecule has 0 aliphatic heterocycles. The van der Waals surface area contributed by atoms with Crippen molar-refractivity contribution in [2.24, 2.45) is 0 Å². The number of hydrogen-bond donors (Lipinski definition) is 1. The van der Waals surface area contributed by atoms with Crippen LogP contribution < -0.4 is 10.1 Å². The Kier molecular flexibility index (Phi) is 6.95. The van der Waals surface area contributed by atoms with Gasteiger partial charge in [-0.15, -0.1) is 0 Å². The van der Waals surface area contributed by atoms with E-state index >= 15 is 0 Å². The highest BCUT2D eigenvalue weighted by Gasteiger charge is 2.17. The lowest BCUT2D eigenvalue weighted by atomic mass is 10.1. The molecule has 0 aliphatic rings. The zero-order chi connectivity index (χ0) is 22.5. The van der Waals surface area contributed by atoms with Crippen molar-refractivity contribution in [2.75, 3.05) is 11.9 Å². The lowest BCUT2D eigenvalue weighted by Crippen LogP contribution is -2.25. The maximum absolute atomic E-state index is 11.9. The van der Waals surface area contributed by atoms with Gasteiger partial charge >= 0.3 is 11.9 Å². The standard InChI is InChI=1S/C24H29N3O4/c1-6-19(7-2)27-21-10-9-20(13-17(21)14-25-27)31-22-15(4)11-18(12-16(22)5)26-23(28)24(29)30-8-3/h9-14,19H,6-8H2,1-5H3,(H,26,28). The number of hydrogen-bond acceptors (Lipinski definition) is 5. The van der Waals surface area contributed by atoms with Crippen LogP contribution in [-0.4, -0.2) is 28.3 Å². The summed E-state index contributed by atoms with van der Waals surface area (Å²) < 4.78 is 13.0. The fourth-order valence-electron chi connectivity index (χ4n) is 3.70.